The van der Waals surface area contributed by atoms with Gasteiger partial charge >= 0.3 is 5.97 Å². The summed E-state index contributed by atoms with van der Waals surface area (Å²) in [4.78, 5) is 24.5. The average Bonchev–Trinajstić information content (AvgIpc) is 2.67. The van der Waals surface area contributed by atoms with Crippen molar-refractivity contribution in [2.45, 2.75) is 52.6 Å². The maximum atomic E-state index is 13.2. The Morgan fingerprint density at radius 1 is 1.14 bits per heavy atom. The van der Waals surface area contributed by atoms with E-state index in [-0.39, 0.29) is 28.4 Å². The molecule has 0 spiro atoms. The summed E-state index contributed by atoms with van der Waals surface area (Å²) in [6.45, 7) is 8.87. The zero-order valence-corrected chi connectivity index (χ0v) is 16.7. The van der Waals surface area contributed by atoms with Gasteiger partial charge in [0.15, 0.2) is 0 Å². The Bertz CT molecular complexity index is 1080. The molecule has 1 heterocycles. The van der Waals surface area contributed by atoms with Crippen LogP contribution in [-0.2, 0) is 4.74 Å². The van der Waals surface area contributed by atoms with Crippen molar-refractivity contribution in [1.29, 1.82) is 0 Å². The predicted octanol–water partition coefficient (Wildman–Crippen LogP) is 5.65. The molecule has 0 saturated carbocycles. The molecule has 148 valence electrons. The van der Waals surface area contributed by atoms with Crippen LogP contribution in [0.5, 0.6) is 0 Å². The van der Waals surface area contributed by atoms with E-state index in [1.54, 1.807) is 6.07 Å². The van der Waals surface area contributed by atoms with E-state index in [2.05, 4.69) is 20.8 Å². The van der Waals surface area contributed by atoms with Crippen LogP contribution < -0.4 is 5.43 Å². The van der Waals surface area contributed by atoms with Gasteiger partial charge in [0.05, 0.1) is 22.4 Å². The Kier molecular flexibility index (Phi) is 5.84. The molecule has 0 aliphatic rings. The Balaban J connectivity index is 2.23. The minimum absolute atomic E-state index is 0.0654. The van der Waals surface area contributed by atoms with Gasteiger partial charge in [-0.1, -0.05) is 27.2 Å². The van der Waals surface area contributed by atoms with Crippen LogP contribution in [0.1, 0.15) is 74.0 Å². The third-order valence-corrected chi connectivity index (χ3v) is 5.02. The Hall–Kier alpha value is -2.66. The zero-order chi connectivity index (χ0) is 20.4. The Morgan fingerprint density at radius 3 is 2.54 bits per heavy atom. The van der Waals surface area contributed by atoms with E-state index in [1.165, 1.54) is 12.1 Å². The summed E-state index contributed by atoms with van der Waals surface area (Å²) >= 11 is 0. The summed E-state index contributed by atoms with van der Waals surface area (Å²) in [7, 11) is 0. The van der Waals surface area contributed by atoms with E-state index in [1.807, 2.05) is 19.1 Å². The molecule has 1 atom stereocenters. The molecule has 1 unspecified atom stereocenters. The predicted molar refractivity (Wildman–Crippen MR) is 110 cm³/mol. The number of ether oxygens (including phenoxy) is 1. The lowest BCUT2D eigenvalue weighted by Gasteiger charge is -2.17. The van der Waals surface area contributed by atoms with Crippen molar-refractivity contribution in [3.63, 3.8) is 0 Å². The number of carboxylic acids is 1. The third kappa shape index (κ3) is 3.80. The Labute approximate surface area is 163 Å². The van der Waals surface area contributed by atoms with Crippen molar-refractivity contribution in [1.82, 2.24) is 0 Å². The van der Waals surface area contributed by atoms with Crippen molar-refractivity contribution in [2.24, 2.45) is 0 Å². The molecule has 1 N–H and O–H groups in total. The lowest BCUT2D eigenvalue weighted by molar-refractivity contribution is 0.0637. The highest BCUT2D eigenvalue weighted by Crippen LogP contribution is 2.31. The van der Waals surface area contributed by atoms with Gasteiger partial charge in [-0.3, -0.25) is 4.79 Å². The second-order valence-electron chi connectivity index (χ2n) is 7.46. The topological polar surface area (TPSA) is 76.7 Å². The molecule has 0 amide bonds. The minimum atomic E-state index is -1.07. The third-order valence-electron chi connectivity index (χ3n) is 5.02. The van der Waals surface area contributed by atoms with Gasteiger partial charge in [0.1, 0.15) is 11.2 Å². The molecule has 5 heteroatoms. The van der Waals surface area contributed by atoms with Crippen molar-refractivity contribution in [3.8, 4) is 0 Å². The SMILES string of the molecule is CCCCOC(C)c1cc(C(C)C)c2oc3ccc(C(=O)O)cc3c(=O)c2c1. The van der Waals surface area contributed by atoms with E-state index in [9.17, 15) is 14.7 Å². The molecule has 0 fully saturated rings. The summed E-state index contributed by atoms with van der Waals surface area (Å²) in [6.07, 6.45) is 1.90. The summed E-state index contributed by atoms with van der Waals surface area (Å²) in [5.74, 6) is -0.917. The largest absolute Gasteiger partial charge is 0.478 e. The van der Waals surface area contributed by atoms with Crippen LogP contribution in [0.3, 0.4) is 0 Å². The van der Waals surface area contributed by atoms with Crippen LogP contribution in [-0.4, -0.2) is 17.7 Å². The van der Waals surface area contributed by atoms with Gasteiger partial charge < -0.3 is 14.3 Å². The molecule has 3 rings (SSSR count). The van der Waals surface area contributed by atoms with Crippen LogP contribution in [0, 0.1) is 0 Å². The number of hydrogen-bond donors (Lipinski definition) is 1. The summed E-state index contributed by atoms with van der Waals surface area (Å²) < 4.78 is 12.0. The highest BCUT2D eigenvalue weighted by molar-refractivity contribution is 5.96. The van der Waals surface area contributed by atoms with Gasteiger partial charge in [-0.2, -0.15) is 0 Å². The van der Waals surface area contributed by atoms with Crippen molar-refractivity contribution in [3.05, 3.63) is 57.2 Å². The highest BCUT2D eigenvalue weighted by Gasteiger charge is 2.18. The molecule has 28 heavy (non-hydrogen) atoms. The van der Waals surface area contributed by atoms with E-state index < -0.39 is 5.97 Å². The van der Waals surface area contributed by atoms with Gasteiger partial charge in [0.25, 0.3) is 0 Å². The molecule has 5 nitrogen and oxygen atoms in total. The van der Waals surface area contributed by atoms with Crippen LogP contribution in [0.25, 0.3) is 21.9 Å². The van der Waals surface area contributed by atoms with Gasteiger partial charge in [0, 0.05) is 6.61 Å². The van der Waals surface area contributed by atoms with Crippen molar-refractivity contribution in [2.75, 3.05) is 6.61 Å². The van der Waals surface area contributed by atoms with Gasteiger partial charge in [0.2, 0.25) is 5.43 Å². The maximum Gasteiger partial charge on any atom is 0.335 e. The number of fused-ring (bicyclic) bond motifs is 2. The molecule has 0 bridgehead atoms. The molecule has 0 radical (unpaired) electrons. The second-order valence-corrected chi connectivity index (χ2v) is 7.46. The normalized spacial score (nSPS) is 12.8. The van der Waals surface area contributed by atoms with Gasteiger partial charge in [-0.25, -0.2) is 4.79 Å². The van der Waals surface area contributed by atoms with E-state index in [0.717, 1.165) is 24.0 Å². The summed E-state index contributed by atoms with van der Waals surface area (Å²) in [6, 6.07) is 8.24. The highest BCUT2D eigenvalue weighted by atomic mass is 16.5. The molecule has 1 aromatic heterocycles. The van der Waals surface area contributed by atoms with Crippen molar-refractivity contribution < 1.29 is 19.1 Å². The quantitative estimate of drug-likeness (QED) is 0.422. The van der Waals surface area contributed by atoms with Crippen LogP contribution in [0.4, 0.5) is 0 Å². The molecule has 0 aliphatic carbocycles. The molecular weight excluding hydrogens is 356 g/mol. The van der Waals surface area contributed by atoms with Crippen LogP contribution in [0.15, 0.2) is 39.5 Å². The molecule has 0 aliphatic heterocycles. The fourth-order valence-corrected chi connectivity index (χ4v) is 3.31. The van der Waals surface area contributed by atoms with Crippen LogP contribution >= 0.6 is 0 Å². The second kappa shape index (κ2) is 8.15. The summed E-state index contributed by atoms with van der Waals surface area (Å²) in [5.41, 5.74) is 2.66. The standard InChI is InChI=1S/C23H26O5/c1-5-6-9-27-14(4)16-11-17(13(2)3)22-19(12-16)21(24)18-10-15(23(25)26)7-8-20(18)28-22/h7-8,10-14H,5-6,9H2,1-4H3,(H,25,26). The number of carboxylic acid groups (broad SMARTS) is 1. The fraction of sp³-hybridized carbons (Fsp3) is 0.391. The van der Waals surface area contributed by atoms with Gasteiger partial charge in [-0.15, -0.1) is 0 Å². The first-order chi connectivity index (χ1) is 13.3. The number of benzene rings is 2. The average molecular weight is 382 g/mol. The number of hydrogen-bond acceptors (Lipinski definition) is 4. The van der Waals surface area contributed by atoms with Gasteiger partial charge in [-0.05, 0) is 60.7 Å². The summed E-state index contributed by atoms with van der Waals surface area (Å²) in [5, 5.41) is 9.97. The number of unbranched alkanes of at least 4 members (excludes halogenated alkanes) is 1. The van der Waals surface area contributed by atoms with E-state index in [0.29, 0.717) is 23.2 Å². The zero-order valence-electron chi connectivity index (χ0n) is 16.7. The maximum absolute atomic E-state index is 13.2. The number of rotatable bonds is 7. The molecule has 0 saturated heterocycles. The monoisotopic (exact) mass is 382 g/mol. The molecule has 3 aromatic rings. The van der Waals surface area contributed by atoms with E-state index in [4.69, 9.17) is 9.15 Å². The van der Waals surface area contributed by atoms with E-state index >= 15 is 0 Å². The first kappa shape index (κ1) is 20.1. The minimum Gasteiger partial charge on any atom is -0.478 e. The number of carbonyl (C=O) groups is 1. The van der Waals surface area contributed by atoms with Crippen LogP contribution in [0.2, 0.25) is 0 Å². The molecule has 2 aromatic carbocycles. The lowest BCUT2D eigenvalue weighted by atomic mass is 9.95. The fourth-order valence-electron chi connectivity index (χ4n) is 3.31. The lowest BCUT2D eigenvalue weighted by Crippen LogP contribution is -2.09. The Morgan fingerprint density at radius 2 is 1.89 bits per heavy atom. The number of aromatic carboxylic acids is 1. The first-order valence-electron chi connectivity index (χ1n) is 9.72. The first-order valence-corrected chi connectivity index (χ1v) is 9.72. The smallest absolute Gasteiger partial charge is 0.335 e. The molecular formula is C23H26O5. The van der Waals surface area contributed by atoms with Crippen molar-refractivity contribution >= 4 is 27.9 Å².